The number of nitrogens with zero attached hydrogens (tertiary/aromatic N) is 3. The molecule has 76 valence electrons. The molecule has 15 heavy (non-hydrogen) atoms. The second-order valence-electron chi connectivity index (χ2n) is 2.70. The number of fused-ring (bicyclic) bond motifs is 1. The van der Waals surface area contributed by atoms with Crippen molar-refractivity contribution >= 4 is 28.6 Å². The molecule has 6 heteroatoms. The fourth-order valence-corrected chi connectivity index (χ4v) is 1.35. The van der Waals surface area contributed by atoms with Gasteiger partial charge in [0.25, 0.3) is 0 Å². The third-order valence-electron chi connectivity index (χ3n) is 1.81. The fourth-order valence-electron chi connectivity index (χ4n) is 1.18. The van der Waals surface area contributed by atoms with E-state index in [-0.39, 0.29) is 11.0 Å². The van der Waals surface area contributed by atoms with Crippen LogP contribution in [-0.4, -0.2) is 28.0 Å². The predicted molar refractivity (Wildman–Crippen MR) is 53.7 cm³/mol. The molecule has 2 aromatic rings. The summed E-state index contributed by atoms with van der Waals surface area (Å²) in [5, 5.41) is -0.00380. The van der Waals surface area contributed by atoms with Crippen molar-refractivity contribution in [2.24, 2.45) is 0 Å². The molecular formula is C9H6ClN3O2. The molecule has 0 aromatic carbocycles. The Hall–Kier alpha value is -1.75. The van der Waals surface area contributed by atoms with Crippen LogP contribution in [0.5, 0.6) is 0 Å². The summed E-state index contributed by atoms with van der Waals surface area (Å²) in [7, 11) is 1.27. The van der Waals surface area contributed by atoms with E-state index in [1.54, 1.807) is 18.3 Å². The Balaban J connectivity index is 2.76. The number of carbonyl (C=O) groups is 1. The van der Waals surface area contributed by atoms with Crippen LogP contribution in [0.2, 0.25) is 5.28 Å². The summed E-state index contributed by atoms with van der Waals surface area (Å²) >= 11 is 5.67. The van der Waals surface area contributed by atoms with Gasteiger partial charge in [-0.15, -0.1) is 0 Å². The minimum Gasteiger partial charge on any atom is -0.464 e. The number of pyridine rings is 1. The van der Waals surface area contributed by atoms with Crippen LogP contribution in [0.4, 0.5) is 0 Å². The van der Waals surface area contributed by atoms with Gasteiger partial charge in [-0.2, -0.15) is 0 Å². The van der Waals surface area contributed by atoms with E-state index in [0.717, 1.165) is 0 Å². The lowest BCUT2D eigenvalue weighted by atomic mass is 10.3. The van der Waals surface area contributed by atoms with Crippen molar-refractivity contribution in [3.05, 3.63) is 29.3 Å². The molecule has 2 rings (SSSR count). The smallest absolute Gasteiger partial charge is 0.359 e. The number of methoxy groups -OCH3 is 1. The Morgan fingerprint density at radius 3 is 3.00 bits per heavy atom. The van der Waals surface area contributed by atoms with Gasteiger partial charge < -0.3 is 4.74 Å². The number of esters is 1. The Kier molecular flexibility index (Phi) is 2.47. The Labute approximate surface area is 90.1 Å². The summed E-state index contributed by atoms with van der Waals surface area (Å²) in [5.41, 5.74) is 0.972. The third-order valence-corrected chi connectivity index (χ3v) is 1.98. The number of hydrogen-bond donors (Lipinski definition) is 0. The molecule has 0 atom stereocenters. The van der Waals surface area contributed by atoms with Crippen LogP contribution in [0.3, 0.4) is 0 Å². The highest BCUT2D eigenvalue weighted by molar-refractivity contribution is 6.28. The van der Waals surface area contributed by atoms with E-state index in [1.807, 2.05) is 0 Å². The van der Waals surface area contributed by atoms with Crippen LogP contribution in [-0.2, 0) is 4.74 Å². The number of ether oxygens (including phenoxy) is 1. The minimum absolute atomic E-state index is 0.00380. The van der Waals surface area contributed by atoms with E-state index in [2.05, 4.69) is 19.7 Å². The second kappa shape index (κ2) is 3.78. The van der Waals surface area contributed by atoms with Gasteiger partial charge in [0.15, 0.2) is 5.69 Å². The molecule has 0 radical (unpaired) electrons. The summed E-state index contributed by atoms with van der Waals surface area (Å²) in [4.78, 5) is 23.1. The van der Waals surface area contributed by atoms with Gasteiger partial charge in [0.2, 0.25) is 5.28 Å². The average molecular weight is 224 g/mol. The van der Waals surface area contributed by atoms with Crippen LogP contribution in [0.15, 0.2) is 18.3 Å². The second-order valence-corrected chi connectivity index (χ2v) is 3.04. The monoisotopic (exact) mass is 223 g/mol. The van der Waals surface area contributed by atoms with Crippen LogP contribution < -0.4 is 0 Å². The van der Waals surface area contributed by atoms with Crippen molar-refractivity contribution in [3.8, 4) is 0 Å². The highest BCUT2D eigenvalue weighted by Gasteiger charge is 2.15. The number of aromatic nitrogens is 3. The summed E-state index contributed by atoms with van der Waals surface area (Å²) in [6.07, 6.45) is 1.55. The molecule has 0 spiro atoms. The summed E-state index contributed by atoms with van der Waals surface area (Å²) in [5.74, 6) is -0.581. The van der Waals surface area contributed by atoms with Crippen LogP contribution in [0.25, 0.3) is 11.0 Å². The fraction of sp³-hybridized carbons (Fsp3) is 0.111. The van der Waals surface area contributed by atoms with Gasteiger partial charge >= 0.3 is 5.97 Å². The van der Waals surface area contributed by atoms with E-state index in [4.69, 9.17) is 11.6 Å². The molecular weight excluding hydrogens is 218 g/mol. The van der Waals surface area contributed by atoms with Crippen LogP contribution in [0, 0.1) is 0 Å². The van der Waals surface area contributed by atoms with Crippen molar-refractivity contribution in [1.82, 2.24) is 15.0 Å². The van der Waals surface area contributed by atoms with Crippen molar-refractivity contribution in [2.45, 2.75) is 0 Å². The van der Waals surface area contributed by atoms with E-state index in [9.17, 15) is 4.79 Å². The van der Waals surface area contributed by atoms with E-state index >= 15 is 0 Å². The predicted octanol–water partition coefficient (Wildman–Crippen LogP) is 1.46. The number of halogens is 1. The Bertz CT molecular complexity index is 530. The van der Waals surface area contributed by atoms with Gasteiger partial charge in [0, 0.05) is 6.20 Å². The molecule has 2 heterocycles. The van der Waals surface area contributed by atoms with E-state index in [0.29, 0.717) is 11.0 Å². The lowest BCUT2D eigenvalue weighted by molar-refractivity contribution is 0.0596. The molecule has 0 N–H and O–H groups in total. The van der Waals surface area contributed by atoms with Crippen molar-refractivity contribution in [1.29, 1.82) is 0 Å². The zero-order valence-electron chi connectivity index (χ0n) is 7.77. The minimum atomic E-state index is -0.581. The normalized spacial score (nSPS) is 10.3. The maximum atomic E-state index is 11.4. The summed E-state index contributed by atoms with van der Waals surface area (Å²) < 4.78 is 4.57. The zero-order valence-corrected chi connectivity index (χ0v) is 8.52. The average Bonchev–Trinajstić information content (AvgIpc) is 2.26. The summed E-state index contributed by atoms with van der Waals surface area (Å²) in [6, 6.07) is 3.40. The molecule has 5 nitrogen and oxygen atoms in total. The van der Waals surface area contributed by atoms with Gasteiger partial charge in [-0.05, 0) is 23.7 Å². The molecule has 2 aromatic heterocycles. The highest BCUT2D eigenvalue weighted by Crippen LogP contribution is 2.15. The quantitative estimate of drug-likeness (QED) is 0.541. The number of carbonyl (C=O) groups excluding carboxylic acids is 1. The first-order valence-electron chi connectivity index (χ1n) is 4.09. The first-order valence-corrected chi connectivity index (χ1v) is 4.47. The SMILES string of the molecule is COC(=O)c1nc(Cl)nc2cccnc12. The number of rotatable bonds is 1. The molecule has 0 amide bonds. The summed E-state index contributed by atoms with van der Waals surface area (Å²) in [6.45, 7) is 0. The largest absolute Gasteiger partial charge is 0.464 e. The third kappa shape index (κ3) is 1.73. The molecule has 0 saturated carbocycles. The standard InChI is InChI=1S/C9H6ClN3O2/c1-15-8(14)7-6-5(3-2-4-11-6)12-9(10)13-7/h2-4H,1H3. The van der Waals surface area contributed by atoms with Gasteiger partial charge in [0.05, 0.1) is 12.6 Å². The lowest BCUT2D eigenvalue weighted by Crippen LogP contribution is -2.07. The Morgan fingerprint density at radius 1 is 1.47 bits per heavy atom. The van der Waals surface area contributed by atoms with Crippen LogP contribution in [0.1, 0.15) is 10.5 Å². The molecule has 0 aliphatic heterocycles. The first-order chi connectivity index (χ1) is 7.22. The molecule has 0 bridgehead atoms. The topological polar surface area (TPSA) is 65.0 Å². The van der Waals surface area contributed by atoms with Crippen molar-refractivity contribution in [2.75, 3.05) is 7.11 Å². The van der Waals surface area contributed by atoms with E-state index in [1.165, 1.54) is 7.11 Å². The molecule has 0 saturated heterocycles. The first kappa shape index (κ1) is 9.79. The highest BCUT2D eigenvalue weighted by atomic mass is 35.5. The van der Waals surface area contributed by atoms with Gasteiger partial charge in [0.1, 0.15) is 5.52 Å². The maximum Gasteiger partial charge on any atom is 0.359 e. The van der Waals surface area contributed by atoms with Crippen molar-refractivity contribution in [3.63, 3.8) is 0 Å². The molecule has 0 fully saturated rings. The van der Waals surface area contributed by atoms with Gasteiger partial charge in [-0.1, -0.05) is 0 Å². The van der Waals surface area contributed by atoms with Gasteiger partial charge in [-0.25, -0.2) is 14.8 Å². The lowest BCUT2D eigenvalue weighted by Gasteiger charge is -2.02. The molecule has 0 aliphatic carbocycles. The number of hydrogen-bond acceptors (Lipinski definition) is 5. The van der Waals surface area contributed by atoms with E-state index < -0.39 is 5.97 Å². The van der Waals surface area contributed by atoms with Crippen LogP contribution >= 0.6 is 11.6 Å². The maximum absolute atomic E-state index is 11.4. The Morgan fingerprint density at radius 2 is 2.27 bits per heavy atom. The molecule has 0 unspecified atom stereocenters. The zero-order chi connectivity index (χ0) is 10.8. The van der Waals surface area contributed by atoms with Crippen molar-refractivity contribution < 1.29 is 9.53 Å². The van der Waals surface area contributed by atoms with Gasteiger partial charge in [-0.3, -0.25) is 4.98 Å². The molecule has 0 aliphatic rings.